The molecule has 2 aromatic rings. The van der Waals surface area contributed by atoms with Gasteiger partial charge in [0.2, 0.25) is 21.7 Å². The maximum atomic E-state index is 12.6. The Balaban J connectivity index is 1.75. The van der Waals surface area contributed by atoms with Crippen molar-refractivity contribution < 1.29 is 22.8 Å². The van der Waals surface area contributed by atoms with Gasteiger partial charge < -0.3 is 9.63 Å². The third kappa shape index (κ3) is 4.05. The standard InChI is InChI=1S/C16H19N3O5S/c20-15(21)9-8-14-17-16(18-24-14)12-4-6-13(7-5-12)25(22,23)19-10-2-1-3-11-19/h4-7H,1-3,8-11H2,(H,20,21). The smallest absolute Gasteiger partial charge is 0.303 e. The second kappa shape index (κ2) is 7.32. The lowest BCUT2D eigenvalue weighted by Gasteiger charge is -2.25. The van der Waals surface area contributed by atoms with Crippen molar-refractivity contribution >= 4 is 16.0 Å². The second-order valence-corrected chi connectivity index (χ2v) is 7.83. The summed E-state index contributed by atoms with van der Waals surface area (Å²) < 4.78 is 31.7. The van der Waals surface area contributed by atoms with Crippen LogP contribution in [0.2, 0.25) is 0 Å². The predicted octanol–water partition coefficient (Wildman–Crippen LogP) is 1.93. The molecule has 0 amide bonds. The number of hydrogen-bond donors (Lipinski definition) is 1. The molecule has 0 radical (unpaired) electrons. The van der Waals surface area contributed by atoms with Crippen LogP contribution in [0.1, 0.15) is 31.6 Å². The van der Waals surface area contributed by atoms with Gasteiger partial charge in [0.25, 0.3) is 0 Å². The van der Waals surface area contributed by atoms with Gasteiger partial charge in [-0.3, -0.25) is 4.79 Å². The van der Waals surface area contributed by atoms with Crippen LogP contribution < -0.4 is 0 Å². The number of aryl methyl sites for hydroxylation is 1. The predicted molar refractivity (Wildman–Crippen MR) is 88.3 cm³/mol. The van der Waals surface area contributed by atoms with Gasteiger partial charge in [-0.1, -0.05) is 11.6 Å². The molecule has 0 aliphatic carbocycles. The number of hydrogen-bond acceptors (Lipinski definition) is 6. The van der Waals surface area contributed by atoms with Crippen LogP contribution in [0.3, 0.4) is 0 Å². The summed E-state index contributed by atoms with van der Waals surface area (Å²) in [4.78, 5) is 14.9. The lowest BCUT2D eigenvalue weighted by molar-refractivity contribution is -0.137. The Morgan fingerprint density at radius 3 is 2.48 bits per heavy atom. The van der Waals surface area contributed by atoms with Crippen molar-refractivity contribution in [1.29, 1.82) is 0 Å². The van der Waals surface area contributed by atoms with E-state index < -0.39 is 16.0 Å². The lowest BCUT2D eigenvalue weighted by Crippen LogP contribution is -2.35. The van der Waals surface area contributed by atoms with Crippen molar-refractivity contribution in [3.8, 4) is 11.4 Å². The molecule has 1 N–H and O–H groups in total. The van der Waals surface area contributed by atoms with Crippen LogP contribution >= 0.6 is 0 Å². The molecule has 134 valence electrons. The maximum absolute atomic E-state index is 12.6. The summed E-state index contributed by atoms with van der Waals surface area (Å²) in [6.45, 7) is 1.11. The minimum atomic E-state index is -3.47. The van der Waals surface area contributed by atoms with Gasteiger partial charge in [-0.05, 0) is 37.1 Å². The van der Waals surface area contributed by atoms with Crippen molar-refractivity contribution in [2.75, 3.05) is 13.1 Å². The highest BCUT2D eigenvalue weighted by atomic mass is 32.2. The zero-order valence-electron chi connectivity index (χ0n) is 13.6. The highest BCUT2D eigenvalue weighted by Crippen LogP contribution is 2.23. The van der Waals surface area contributed by atoms with Gasteiger partial charge in [0.15, 0.2) is 0 Å². The van der Waals surface area contributed by atoms with Crippen LogP contribution in [0.5, 0.6) is 0 Å². The first-order valence-corrected chi connectivity index (χ1v) is 9.56. The molecule has 1 aromatic heterocycles. The minimum Gasteiger partial charge on any atom is -0.481 e. The van der Waals surface area contributed by atoms with Crippen LogP contribution in [-0.4, -0.2) is 47.0 Å². The largest absolute Gasteiger partial charge is 0.481 e. The van der Waals surface area contributed by atoms with E-state index in [0.29, 0.717) is 24.5 Å². The Morgan fingerprint density at radius 2 is 1.84 bits per heavy atom. The van der Waals surface area contributed by atoms with Crippen molar-refractivity contribution in [3.63, 3.8) is 0 Å². The fourth-order valence-electron chi connectivity index (χ4n) is 2.72. The molecule has 0 saturated carbocycles. The van der Waals surface area contributed by atoms with Gasteiger partial charge in [-0.2, -0.15) is 9.29 Å². The van der Waals surface area contributed by atoms with Crippen molar-refractivity contribution in [3.05, 3.63) is 30.2 Å². The Labute approximate surface area is 145 Å². The normalized spacial score (nSPS) is 16.0. The average molecular weight is 365 g/mol. The third-order valence-corrected chi connectivity index (χ3v) is 6.00. The van der Waals surface area contributed by atoms with Crippen LogP contribution in [-0.2, 0) is 21.2 Å². The summed E-state index contributed by atoms with van der Waals surface area (Å²) in [7, 11) is -3.47. The van der Waals surface area contributed by atoms with Crippen molar-refractivity contribution in [2.24, 2.45) is 0 Å². The Hall–Kier alpha value is -2.26. The van der Waals surface area contributed by atoms with Gasteiger partial charge >= 0.3 is 5.97 Å². The summed E-state index contributed by atoms with van der Waals surface area (Å²) in [6, 6.07) is 6.32. The van der Waals surface area contributed by atoms with Crippen LogP contribution in [0.15, 0.2) is 33.7 Å². The summed E-state index contributed by atoms with van der Waals surface area (Å²) in [5.41, 5.74) is 0.614. The van der Waals surface area contributed by atoms with E-state index in [1.165, 1.54) is 16.4 Å². The van der Waals surface area contributed by atoms with Gasteiger partial charge in [0, 0.05) is 25.1 Å². The zero-order valence-corrected chi connectivity index (χ0v) is 14.4. The molecule has 8 nitrogen and oxygen atoms in total. The molecule has 0 bridgehead atoms. The highest BCUT2D eigenvalue weighted by molar-refractivity contribution is 7.89. The van der Waals surface area contributed by atoms with E-state index in [1.54, 1.807) is 12.1 Å². The lowest BCUT2D eigenvalue weighted by atomic mass is 10.2. The molecule has 0 spiro atoms. The summed E-state index contributed by atoms with van der Waals surface area (Å²) >= 11 is 0. The number of rotatable bonds is 6. The maximum Gasteiger partial charge on any atom is 0.303 e. The van der Waals surface area contributed by atoms with Gasteiger partial charge in [0.05, 0.1) is 11.3 Å². The van der Waals surface area contributed by atoms with Crippen LogP contribution in [0, 0.1) is 0 Å². The number of carboxylic acids is 1. The van der Waals surface area contributed by atoms with E-state index in [1.807, 2.05) is 0 Å². The molecular weight excluding hydrogens is 346 g/mol. The molecule has 25 heavy (non-hydrogen) atoms. The number of nitrogens with zero attached hydrogens (tertiary/aromatic N) is 3. The topological polar surface area (TPSA) is 114 Å². The van der Waals surface area contributed by atoms with E-state index in [4.69, 9.17) is 9.63 Å². The molecule has 1 aliphatic rings. The fourth-order valence-corrected chi connectivity index (χ4v) is 4.23. The zero-order chi connectivity index (χ0) is 17.9. The number of carbonyl (C=O) groups is 1. The molecule has 2 heterocycles. The van der Waals surface area contributed by atoms with E-state index in [9.17, 15) is 13.2 Å². The number of carboxylic acid groups (broad SMARTS) is 1. The molecule has 1 aromatic carbocycles. The number of benzene rings is 1. The van der Waals surface area contributed by atoms with E-state index in [-0.39, 0.29) is 23.6 Å². The molecule has 0 unspecified atom stereocenters. The fraction of sp³-hybridized carbons (Fsp3) is 0.438. The molecule has 1 fully saturated rings. The summed E-state index contributed by atoms with van der Waals surface area (Å²) in [5.74, 6) is -0.392. The first kappa shape index (κ1) is 17.6. The van der Waals surface area contributed by atoms with Crippen LogP contribution in [0.4, 0.5) is 0 Å². The molecule has 1 aliphatic heterocycles. The van der Waals surface area contributed by atoms with E-state index in [0.717, 1.165) is 19.3 Å². The Morgan fingerprint density at radius 1 is 1.16 bits per heavy atom. The molecular formula is C16H19N3O5S. The summed E-state index contributed by atoms with van der Waals surface area (Å²) in [6.07, 6.45) is 2.91. The minimum absolute atomic E-state index is 0.0886. The molecule has 3 rings (SSSR count). The van der Waals surface area contributed by atoms with Crippen molar-refractivity contribution in [1.82, 2.24) is 14.4 Å². The molecule has 1 saturated heterocycles. The molecule has 0 atom stereocenters. The number of piperidine rings is 1. The number of aliphatic carboxylic acids is 1. The SMILES string of the molecule is O=C(O)CCc1nc(-c2ccc(S(=O)(=O)N3CCCCC3)cc2)no1. The Kier molecular flexibility index (Phi) is 5.14. The first-order chi connectivity index (χ1) is 12.0. The summed E-state index contributed by atoms with van der Waals surface area (Å²) in [5, 5.41) is 12.5. The quantitative estimate of drug-likeness (QED) is 0.832. The number of sulfonamides is 1. The van der Waals surface area contributed by atoms with Gasteiger partial charge in [0.1, 0.15) is 0 Å². The third-order valence-electron chi connectivity index (χ3n) is 4.09. The molecule has 9 heteroatoms. The van der Waals surface area contributed by atoms with Crippen LogP contribution in [0.25, 0.3) is 11.4 Å². The van der Waals surface area contributed by atoms with Crippen molar-refractivity contribution in [2.45, 2.75) is 37.0 Å². The highest BCUT2D eigenvalue weighted by Gasteiger charge is 2.25. The van der Waals surface area contributed by atoms with E-state index >= 15 is 0 Å². The number of aromatic nitrogens is 2. The average Bonchev–Trinajstić information content (AvgIpc) is 3.10. The van der Waals surface area contributed by atoms with Gasteiger partial charge in [-0.15, -0.1) is 0 Å². The first-order valence-electron chi connectivity index (χ1n) is 8.12. The monoisotopic (exact) mass is 365 g/mol. The Bertz CT molecular complexity index is 839. The van der Waals surface area contributed by atoms with E-state index in [2.05, 4.69) is 10.1 Å². The second-order valence-electron chi connectivity index (χ2n) is 5.89. The van der Waals surface area contributed by atoms with Gasteiger partial charge in [-0.25, -0.2) is 8.42 Å².